The van der Waals surface area contributed by atoms with Crippen molar-refractivity contribution in [3.05, 3.63) is 47.0 Å². The SMILES string of the molecule is CN(c1ccc(N2CCOCC2)c(CO[Si](C)(C)C(C)(C)C)c1)c1ncc(Br)n2ccnc12. The smallest absolute Gasteiger partial charge is 0.192 e. The minimum atomic E-state index is -1.89. The van der Waals surface area contributed by atoms with E-state index in [0.29, 0.717) is 6.61 Å². The summed E-state index contributed by atoms with van der Waals surface area (Å²) in [5.41, 5.74) is 4.29. The van der Waals surface area contributed by atoms with Crippen LogP contribution in [0, 0.1) is 0 Å². The van der Waals surface area contributed by atoms with E-state index >= 15 is 0 Å². The van der Waals surface area contributed by atoms with Gasteiger partial charge in [0.15, 0.2) is 19.8 Å². The molecule has 1 aromatic carbocycles. The maximum atomic E-state index is 6.65. The van der Waals surface area contributed by atoms with Crippen molar-refractivity contribution in [2.24, 2.45) is 0 Å². The van der Waals surface area contributed by atoms with Gasteiger partial charge in [0, 0.05) is 49.5 Å². The Morgan fingerprint density at radius 1 is 1.18 bits per heavy atom. The molecule has 3 aromatic rings. The molecule has 2 aromatic heterocycles. The van der Waals surface area contributed by atoms with Crippen LogP contribution >= 0.6 is 15.9 Å². The van der Waals surface area contributed by atoms with Crippen molar-refractivity contribution in [3.8, 4) is 0 Å². The molecule has 0 saturated carbocycles. The number of anilines is 3. The number of rotatable bonds is 6. The minimum Gasteiger partial charge on any atom is -0.412 e. The normalized spacial score (nSPS) is 15.3. The molecule has 0 spiro atoms. The molecule has 4 rings (SSSR count). The molecule has 1 saturated heterocycles. The number of benzene rings is 1. The fourth-order valence-corrected chi connectivity index (χ4v) is 5.06. The average molecular weight is 533 g/mol. The van der Waals surface area contributed by atoms with Gasteiger partial charge in [0.2, 0.25) is 0 Å². The molecule has 0 atom stereocenters. The number of aromatic nitrogens is 3. The van der Waals surface area contributed by atoms with Crippen LogP contribution in [0.15, 0.2) is 41.4 Å². The van der Waals surface area contributed by atoms with Crippen LogP contribution in [-0.2, 0) is 15.8 Å². The summed E-state index contributed by atoms with van der Waals surface area (Å²) >= 11 is 3.55. The number of ether oxygens (including phenoxy) is 1. The van der Waals surface area contributed by atoms with Gasteiger partial charge in [-0.25, -0.2) is 9.97 Å². The zero-order valence-corrected chi connectivity index (χ0v) is 23.0. The minimum absolute atomic E-state index is 0.161. The fourth-order valence-electron chi connectivity index (χ4n) is 3.72. The molecule has 0 aliphatic carbocycles. The van der Waals surface area contributed by atoms with Crippen molar-refractivity contribution in [1.29, 1.82) is 0 Å². The van der Waals surface area contributed by atoms with E-state index in [1.807, 2.05) is 23.8 Å². The van der Waals surface area contributed by atoms with Crippen molar-refractivity contribution >= 4 is 47.1 Å². The Morgan fingerprint density at radius 2 is 1.91 bits per heavy atom. The summed E-state index contributed by atoms with van der Waals surface area (Å²) in [6.45, 7) is 15.3. The summed E-state index contributed by atoms with van der Waals surface area (Å²) in [6, 6.07) is 6.61. The van der Waals surface area contributed by atoms with Crippen LogP contribution in [0.1, 0.15) is 26.3 Å². The highest BCUT2D eigenvalue weighted by atomic mass is 79.9. The summed E-state index contributed by atoms with van der Waals surface area (Å²) in [5, 5.41) is 0.161. The third-order valence-corrected chi connectivity index (χ3v) is 11.9. The standard InChI is InChI=1S/C24H34BrN5O2Si/c1-24(2,3)33(5,6)32-17-18-15-19(7-8-20(18)29-11-13-31-14-12-29)28(4)22-23-26-9-10-30(23)21(25)16-27-22/h7-10,15-16H,11-14,17H2,1-6H3. The molecule has 0 N–H and O–H groups in total. The van der Waals surface area contributed by atoms with Crippen LogP contribution < -0.4 is 9.80 Å². The van der Waals surface area contributed by atoms with E-state index in [-0.39, 0.29) is 5.04 Å². The van der Waals surface area contributed by atoms with Crippen LogP contribution in [0.25, 0.3) is 5.65 Å². The third-order valence-electron chi connectivity index (χ3n) is 6.88. The van der Waals surface area contributed by atoms with Gasteiger partial charge in [0.05, 0.1) is 26.0 Å². The van der Waals surface area contributed by atoms with E-state index < -0.39 is 8.32 Å². The van der Waals surface area contributed by atoms with Gasteiger partial charge in [-0.05, 0) is 52.3 Å². The highest BCUT2D eigenvalue weighted by Crippen LogP contribution is 2.38. The molecule has 1 aliphatic heterocycles. The number of morpholine rings is 1. The Balaban J connectivity index is 1.69. The molecular formula is C24H34BrN5O2Si. The summed E-state index contributed by atoms with van der Waals surface area (Å²) in [5.74, 6) is 0.804. The summed E-state index contributed by atoms with van der Waals surface area (Å²) in [6.07, 6.45) is 5.53. The van der Waals surface area contributed by atoms with Crippen LogP contribution in [0.2, 0.25) is 18.1 Å². The van der Waals surface area contributed by atoms with Crippen LogP contribution in [-0.4, -0.2) is 56.0 Å². The van der Waals surface area contributed by atoms with Crippen LogP contribution in [0.3, 0.4) is 0 Å². The number of hydrogen-bond acceptors (Lipinski definition) is 6. The van der Waals surface area contributed by atoms with Crippen LogP contribution in [0.5, 0.6) is 0 Å². The average Bonchev–Trinajstić information content (AvgIpc) is 3.28. The quantitative estimate of drug-likeness (QED) is 0.385. The maximum Gasteiger partial charge on any atom is 0.192 e. The first-order valence-corrected chi connectivity index (χ1v) is 15.1. The highest BCUT2D eigenvalue weighted by molar-refractivity contribution is 9.10. The van der Waals surface area contributed by atoms with E-state index in [1.54, 1.807) is 6.20 Å². The predicted molar refractivity (Wildman–Crippen MR) is 140 cm³/mol. The number of halogens is 1. The molecule has 9 heteroatoms. The summed E-state index contributed by atoms with van der Waals surface area (Å²) in [4.78, 5) is 13.7. The molecule has 0 unspecified atom stereocenters. The number of imidazole rings is 1. The lowest BCUT2D eigenvalue weighted by molar-refractivity contribution is 0.122. The molecule has 33 heavy (non-hydrogen) atoms. The van der Waals surface area contributed by atoms with Crippen molar-refractivity contribution in [2.45, 2.75) is 45.5 Å². The molecule has 3 heterocycles. The van der Waals surface area contributed by atoms with Crippen molar-refractivity contribution in [2.75, 3.05) is 43.2 Å². The monoisotopic (exact) mass is 531 g/mol. The second-order valence-corrected chi connectivity index (χ2v) is 15.7. The first-order chi connectivity index (χ1) is 15.6. The zero-order valence-electron chi connectivity index (χ0n) is 20.4. The summed E-state index contributed by atoms with van der Waals surface area (Å²) < 4.78 is 15.1. The largest absolute Gasteiger partial charge is 0.412 e. The van der Waals surface area contributed by atoms with Gasteiger partial charge >= 0.3 is 0 Å². The number of hydrogen-bond donors (Lipinski definition) is 0. The predicted octanol–water partition coefficient (Wildman–Crippen LogP) is 5.62. The Kier molecular flexibility index (Phi) is 6.86. The molecular weight excluding hydrogens is 498 g/mol. The lowest BCUT2D eigenvalue weighted by atomic mass is 10.1. The van der Waals surface area contributed by atoms with Gasteiger partial charge in [-0.15, -0.1) is 0 Å². The molecule has 0 bridgehead atoms. The van der Waals surface area contributed by atoms with Gasteiger partial charge < -0.3 is 19.0 Å². The van der Waals surface area contributed by atoms with E-state index in [1.165, 1.54) is 11.3 Å². The van der Waals surface area contributed by atoms with E-state index in [2.05, 4.69) is 87.8 Å². The second-order valence-electron chi connectivity index (χ2n) is 10.0. The van der Waals surface area contributed by atoms with Crippen molar-refractivity contribution in [1.82, 2.24) is 14.4 Å². The first kappa shape index (κ1) is 24.2. The molecule has 1 fully saturated rings. The fraction of sp³-hybridized carbons (Fsp3) is 0.500. The maximum absolute atomic E-state index is 6.65. The number of fused-ring (bicyclic) bond motifs is 1. The second kappa shape index (κ2) is 9.36. The van der Waals surface area contributed by atoms with Gasteiger partial charge in [-0.2, -0.15) is 0 Å². The topological polar surface area (TPSA) is 55.1 Å². The van der Waals surface area contributed by atoms with E-state index in [9.17, 15) is 0 Å². The van der Waals surface area contributed by atoms with E-state index in [0.717, 1.165) is 48.1 Å². The Labute approximate surface area is 206 Å². The third kappa shape index (κ3) is 4.96. The Bertz CT molecular complexity index is 1120. The lowest BCUT2D eigenvalue weighted by Crippen LogP contribution is -2.41. The molecule has 7 nitrogen and oxygen atoms in total. The first-order valence-electron chi connectivity index (χ1n) is 11.4. The molecule has 1 aliphatic rings. The van der Waals surface area contributed by atoms with Gasteiger partial charge in [0.25, 0.3) is 0 Å². The van der Waals surface area contributed by atoms with Gasteiger partial charge in [-0.1, -0.05) is 20.8 Å². The Hall–Kier alpha value is -1.94. The molecule has 0 radical (unpaired) electrons. The van der Waals surface area contributed by atoms with Crippen LogP contribution in [0.4, 0.5) is 17.2 Å². The zero-order chi connectivity index (χ0) is 23.8. The lowest BCUT2D eigenvalue weighted by Gasteiger charge is -2.37. The van der Waals surface area contributed by atoms with Crippen molar-refractivity contribution < 1.29 is 9.16 Å². The molecule has 178 valence electrons. The van der Waals surface area contributed by atoms with Crippen molar-refractivity contribution in [3.63, 3.8) is 0 Å². The number of nitrogens with zero attached hydrogens (tertiary/aromatic N) is 5. The van der Waals surface area contributed by atoms with Gasteiger partial charge in [0.1, 0.15) is 4.60 Å². The molecule has 0 amide bonds. The van der Waals surface area contributed by atoms with Gasteiger partial charge in [-0.3, -0.25) is 4.40 Å². The highest BCUT2D eigenvalue weighted by Gasteiger charge is 2.37. The summed E-state index contributed by atoms with van der Waals surface area (Å²) in [7, 11) is 0.145. The van der Waals surface area contributed by atoms with E-state index in [4.69, 9.17) is 9.16 Å². The Morgan fingerprint density at radius 3 is 2.61 bits per heavy atom.